The van der Waals surface area contributed by atoms with Crippen molar-refractivity contribution in [2.75, 3.05) is 13.1 Å². The summed E-state index contributed by atoms with van der Waals surface area (Å²) in [6.45, 7) is 5.98. The molecule has 1 aromatic carbocycles. The summed E-state index contributed by atoms with van der Waals surface area (Å²) in [6.07, 6.45) is 2.21. The van der Waals surface area contributed by atoms with Crippen LogP contribution >= 0.6 is 23.1 Å². The Balaban J connectivity index is 1.56. The first-order valence-corrected chi connectivity index (χ1v) is 10.0. The van der Waals surface area contributed by atoms with Crippen LogP contribution in [0.15, 0.2) is 29.4 Å². The molecule has 24 heavy (non-hydrogen) atoms. The summed E-state index contributed by atoms with van der Waals surface area (Å²) < 4.78 is 3.25. The number of benzene rings is 1. The highest BCUT2D eigenvalue weighted by Crippen LogP contribution is 2.31. The second-order valence-corrected chi connectivity index (χ2v) is 8.76. The molecule has 5 nitrogen and oxygen atoms in total. The van der Waals surface area contributed by atoms with Crippen LogP contribution in [0.3, 0.4) is 0 Å². The summed E-state index contributed by atoms with van der Waals surface area (Å²) in [5, 5.41) is 9.23. The Morgan fingerprint density at radius 1 is 1.29 bits per heavy atom. The molecular weight excluding hydrogens is 340 g/mol. The normalized spacial score (nSPS) is 17.7. The molecule has 1 aliphatic heterocycles. The SMILES string of the molecule is CC1CCN(C(=O)[C@H](C)Sc2nnc3sc4ccccc4n23)CC1. The van der Waals surface area contributed by atoms with E-state index in [4.69, 9.17) is 0 Å². The van der Waals surface area contributed by atoms with Gasteiger partial charge in [-0.3, -0.25) is 9.20 Å². The van der Waals surface area contributed by atoms with Crippen molar-refractivity contribution in [3.63, 3.8) is 0 Å². The topological polar surface area (TPSA) is 50.5 Å². The minimum atomic E-state index is -0.149. The molecule has 1 fully saturated rings. The number of thioether (sulfide) groups is 1. The minimum Gasteiger partial charge on any atom is -0.342 e. The number of likely N-dealkylation sites (tertiary alicyclic amines) is 1. The molecule has 7 heteroatoms. The molecule has 0 unspecified atom stereocenters. The van der Waals surface area contributed by atoms with Crippen LogP contribution in [0.5, 0.6) is 0 Å². The van der Waals surface area contributed by atoms with E-state index in [2.05, 4.69) is 33.7 Å². The number of carbonyl (C=O) groups is 1. The van der Waals surface area contributed by atoms with E-state index >= 15 is 0 Å². The van der Waals surface area contributed by atoms with Crippen LogP contribution in [0.1, 0.15) is 26.7 Å². The predicted molar refractivity (Wildman–Crippen MR) is 98.7 cm³/mol. The van der Waals surface area contributed by atoms with Crippen molar-refractivity contribution in [2.45, 2.75) is 37.1 Å². The molecule has 3 heterocycles. The van der Waals surface area contributed by atoms with Crippen molar-refractivity contribution < 1.29 is 4.79 Å². The molecule has 0 N–H and O–H groups in total. The van der Waals surface area contributed by atoms with E-state index in [1.165, 1.54) is 16.5 Å². The Hall–Kier alpha value is -1.60. The first kappa shape index (κ1) is 15.9. The molecule has 126 valence electrons. The summed E-state index contributed by atoms with van der Waals surface area (Å²) >= 11 is 3.13. The number of fused-ring (bicyclic) bond motifs is 3. The maximum Gasteiger partial charge on any atom is 0.235 e. The molecule has 0 bridgehead atoms. The third kappa shape index (κ3) is 2.80. The van der Waals surface area contributed by atoms with Crippen LogP contribution < -0.4 is 0 Å². The lowest BCUT2D eigenvalue weighted by Crippen LogP contribution is -2.41. The van der Waals surface area contributed by atoms with Crippen molar-refractivity contribution in [1.82, 2.24) is 19.5 Å². The van der Waals surface area contributed by atoms with Crippen molar-refractivity contribution in [3.05, 3.63) is 24.3 Å². The fraction of sp³-hybridized carbons (Fsp3) is 0.471. The van der Waals surface area contributed by atoms with Gasteiger partial charge in [0.2, 0.25) is 10.9 Å². The molecule has 4 rings (SSSR count). The standard InChI is InChI=1S/C17H20N4OS2/c1-11-7-9-20(10-8-11)15(22)12(2)23-16-18-19-17-21(16)13-5-3-4-6-14(13)24-17/h3-6,11-12H,7-10H2,1-2H3/t12-/m0/s1. The third-order valence-corrected chi connectivity index (χ3v) is 6.68. The zero-order valence-electron chi connectivity index (χ0n) is 13.8. The zero-order chi connectivity index (χ0) is 16.7. The Morgan fingerprint density at radius 2 is 2.04 bits per heavy atom. The zero-order valence-corrected chi connectivity index (χ0v) is 15.4. The molecule has 1 amide bonds. The van der Waals surface area contributed by atoms with Crippen molar-refractivity contribution >= 4 is 44.2 Å². The Bertz CT molecular complexity index is 879. The first-order chi connectivity index (χ1) is 11.6. The van der Waals surface area contributed by atoms with Gasteiger partial charge in [-0.15, -0.1) is 10.2 Å². The fourth-order valence-corrected chi connectivity index (χ4v) is 5.09. The molecule has 0 saturated carbocycles. The molecule has 1 saturated heterocycles. The number of aromatic nitrogens is 3. The van der Waals surface area contributed by atoms with E-state index in [1.807, 2.05) is 24.0 Å². The minimum absolute atomic E-state index is 0.149. The molecule has 2 aromatic heterocycles. The molecule has 0 aliphatic carbocycles. The molecular formula is C17H20N4OS2. The van der Waals surface area contributed by atoms with E-state index in [0.717, 1.165) is 47.5 Å². The van der Waals surface area contributed by atoms with Gasteiger partial charge in [-0.1, -0.05) is 42.2 Å². The van der Waals surface area contributed by atoms with E-state index in [0.29, 0.717) is 0 Å². The maximum absolute atomic E-state index is 12.7. The summed E-state index contributed by atoms with van der Waals surface area (Å²) in [6, 6.07) is 8.21. The summed E-state index contributed by atoms with van der Waals surface area (Å²) in [5.74, 6) is 0.938. The van der Waals surface area contributed by atoms with Gasteiger partial charge in [-0.2, -0.15) is 0 Å². The van der Waals surface area contributed by atoms with Crippen LogP contribution in [0.25, 0.3) is 15.2 Å². The number of thiazole rings is 1. The summed E-state index contributed by atoms with van der Waals surface area (Å²) in [5.41, 5.74) is 1.11. The lowest BCUT2D eigenvalue weighted by Gasteiger charge is -2.31. The van der Waals surface area contributed by atoms with E-state index in [1.54, 1.807) is 11.3 Å². The monoisotopic (exact) mass is 360 g/mol. The van der Waals surface area contributed by atoms with Gasteiger partial charge in [0.15, 0.2) is 5.16 Å². The number of hydrogen-bond acceptors (Lipinski definition) is 5. The van der Waals surface area contributed by atoms with E-state index < -0.39 is 0 Å². The number of para-hydroxylation sites is 1. The quantitative estimate of drug-likeness (QED) is 0.669. The number of amides is 1. The predicted octanol–water partition coefficient (Wildman–Crippen LogP) is 3.68. The van der Waals surface area contributed by atoms with Gasteiger partial charge in [0, 0.05) is 13.1 Å². The van der Waals surface area contributed by atoms with Crippen molar-refractivity contribution in [2.24, 2.45) is 5.92 Å². The number of hydrogen-bond donors (Lipinski definition) is 0. The van der Waals surface area contributed by atoms with Crippen LogP contribution in [-0.4, -0.2) is 43.7 Å². The summed E-state index contributed by atoms with van der Waals surface area (Å²) in [7, 11) is 0. The highest BCUT2D eigenvalue weighted by molar-refractivity contribution is 8.00. The lowest BCUT2D eigenvalue weighted by molar-refractivity contribution is -0.131. The average molecular weight is 361 g/mol. The molecule has 0 spiro atoms. The van der Waals surface area contributed by atoms with Crippen molar-refractivity contribution in [3.8, 4) is 0 Å². The molecule has 0 radical (unpaired) electrons. The van der Waals surface area contributed by atoms with Crippen LogP contribution in [-0.2, 0) is 4.79 Å². The van der Waals surface area contributed by atoms with Gasteiger partial charge >= 0.3 is 0 Å². The highest BCUT2D eigenvalue weighted by atomic mass is 32.2. The van der Waals surface area contributed by atoms with Gasteiger partial charge in [0.25, 0.3) is 0 Å². The number of rotatable bonds is 3. The van der Waals surface area contributed by atoms with E-state index in [-0.39, 0.29) is 11.2 Å². The highest BCUT2D eigenvalue weighted by Gasteiger charge is 2.26. The average Bonchev–Trinajstić information content (AvgIpc) is 3.14. The fourth-order valence-electron chi connectivity index (χ4n) is 3.13. The van der Waals surface area contributed by atoms with Gasteiger partial charge in [-0.05, 0) is 37.8 Å². The maximum atomic E-state index is 12.7. The van der Waals surface area contributed by atoms with Crippen LogP contribution in [0.2, 0.25) is 0 Å². The van der Waals surface area contributed by atoms with Crippen molar-refractivity contribution in [1.29, 1.82) is 0 Å². The van der Waals surface area contributed by atoms with Crippen LogP contribution in [0.4, 0.5) is 0 Å². The van der Waals surface area contributed by atoms with Crippen LogP contribution in [0, 0.1) is 5.92 Å². The van der Waals surface area contributed by atoms with Gasteiger partial charge < -0.3 is 4.90 Å². The largest absolute Gasteiger partial charge is 0.342 e. The number of nitrogens with zero attached hydrogens (tertiary/aromatic N) is 4. The molecule has 1 aliphatic rings. The Kier molecular flexibility index (Phi) is 4.22. The Morgan fingerprint density at radius 3 is 2.83 bits per heavy atom. The number of piperidine rings is 1. The van der Waals surface area contributed by atoms with Gasteiger partial charge in [-0.25, -0.2) is 0 Å². The molecule has 3 aromatic rings. The second kappa shape index (κ2) is 6.37. The lowest BCUT2D eigenvalue weighted by atomic mass is 9.99. The smallest absolute Gasteiger partial charge is 0.235 e. The third-order valence-electron chi connectivity index (χ3n) is 4.64. The van der Waals surface area contributed by atoms with Gasteiger partial charge in [0.1, 0.15) is 0 Å². The Labute approximate surface area is 149 Å². The first-order valence-electron chi connectivity index (χ1n) is 8.31. The second-order valence-electron chi connectivity index (χ2n) is 6.44. The summed E-state index contributed by atoms with van der Waals surface area (Å²) in [4.78, 5) is 15.6. The molecule has 1 atom stereocenters. The number of carbonyl (C=O) groups excluding carboxylic acids is 1. The van der Waals surface area contributed by atoms with Gasteiger partial charge in [0.05, 0.1) is 15.5 Å². The van der Waals surface area contributed by atoms with E-state index in [9.17, 15) is 4.79 Å².